The number of amides is 3. The molecule has 1 aliphatic carbocycles. The van der Waals surface area contributed by atoms with Gasteiger partial charge in [-0.15, -0.1) is 0 Å². The minimum atomic E-state index is -0.982. The van der Waals surface area contributed by atoms with Gasteiger partial charge in [-0.3, -0.25) is 9.59 Å². The molecule has 1 unspecified atom stereocenters. The molecule has 1 fully saturated rings. The largest absolute Gasteiger partial charge is 0.481 e. The van der Waals surface area contributed by atoms with Crippen LogP contribution in [0.5, 0.6) is 0 Å². The van der Waals surface area contributed by atoms with E-state index in [1.807, 2.05) is 0 Å². The van der Waals surface area contributed by atoms with Crippen LogP contribution >= 0.6 is 0 Å². The van der Waals surface area contributed by atoms with E-state index in [4.69, 9.17) is 5.11 Å². The maximum atomic E-state index is 11.5. The molecule has 1 rings (SSSR count). The highest BCUT2D eigenvalue weighted by Gasteiger charge is 2.26. The molecular formula is C10H17N3O4. The standard InChI is InChI=1S/C10H17N3O4/c1-6(9(16)13-7-2-3-7)12-10(17)11-5-4-8(14)15/h6-7H,2-5H2,1H3,(H,13,16)(H,14,15)(H2,11,12,17). The van der Waals surface area contributed by atoms with Crippen molar-refractivity contribution in [1.29, 1.82) is 0 Å². The molecule has 0 aromatic heterocycles. The van der Waals surface area contributed by atoms with E-state index in [-0.39, 0.29) is 24.9 Å². The van der Waals surface area contributed by atoms with E-state index in [0.29, 0.717) is 0 Å². The lowest BCUT2D eigenvalue weighted by Crippen LogP contribution is -2.49. The van der Waals surface area contributed by atoms with Gasteiger partial charge in [0.05, 0.1) is 6.42 Å². The first-order chi connectivity index (χ1) is 7.99. The van der Waals surface area contributed by atoms with Gasteiger partial charge >= 0.3 is 12.0 Å². The van der Waals surface area contributed by atoms with Crippen molar-refractivity contribution in [3.63, 3.8) is 0 Å². The molecule has 1 saturated carbocycles. The Morgan fingerprint density at radius 3 is 2.53 bits per heavy atom. The zero-order chi connectivity index (χ0) is 12.8. The molecule has 0 bridgehead atoms. The van der Waals surface area contributed by atoms with E-state index in [1.165, 1.54) is 0 Å². The quantitative estimate of drug-likeness (QED) is 0.501. The van der Waals surface area contributed by atoms with Crippen molar-refractivity contribution < 1.29 is 19.5 Å². The summed E-state index contributed by atoms with van der Waals surface area (Å²) in [6.07, 6.45) is 1.84. The topological polar surface area (TPSA) is 108 Å². The summed E-state index contributed by atoms with van der Waals surface area (Å²) in [5, 5.41) is 15.9. The summed E-state index contributed by atoms with van der Waals surface area (Å²) >= 11 is 0. The maximum Gasteiger partial charge on any atom is 0.315 e. The Balaban J connectivity index is 2.15. The minimum Gasteiger partial charge on any atom is -0.481 e. The van der Waals surface area contributed by atoms with Crippen LogP contribution in [0.25, 0.3) is 0 Å². The van der Waals surface area contributed by atoms with Crippen LogP contribution in [-0.4, -0.2) is 41.6 Å². The van der Waals surface area contributed by atoms with Crippen LogP contribution in [0.3, 0.4) is 0 Å². The Morgan fingerprint density at radius 2 is 2.00 bits per heavy atom. The summed E-state index contributed by atoms with van der Waals surface area (Å²) in [5.74, 6) is -1.20. The number of nitrogens with one attached hydrogen (secondary N) is 3. The second kappa shape index (κ2) is 6.07. The average molecular weight is 243 g/mol. The summed E-state index contributed by atoms with van der Waals surface area (Å²) in [5.41, 5.74) is 0. The molecule has 17 heavy (non-hydrogen) atoms. The number of carboxylic acids is 1. The Morgan fingerprint density at radius 1 is 1.35 bits per heavy atom. The number of carbonyl (C=O) groups is 3. The molecule has 7 heteroatoms. The smallest absolute Gasteiger partial charge is 0.315 e. The summed E-state index contributed by atoms with van der Waals surface area (Å²) in [7, 11) is 0. The highest BCUT2D eigenvalue weighted by Crippen LogP contribution is 2.18. The molecular weight excluding hydrogens is 226 g/mol. The zero-order valence-corrected chi connectivity index (χ0v) is 9.66. The molecule has 0 aromatic carbocycles. The fourth-order valence-electron chi connectivity index (χ4n) is 1.15. The number of carbonyl (C=O) groups excluding carboxylic acids is 2. The van der Waals surface area contributed by atoms with Gasteiger partial charge in [-0.1, -0.05) is 0 Å². The van der Waals surface area contributed by atoms with Crippen molar-refractivity contribution >= 4 is 17.9 Å². The van der Waals surface area contributed by atoms with Crippen molar-refractivity contribution in [3.8, 4) is 0 Å². The molecule has 0 aromatic rings. The molecule has 4 N–H and O–H groups in total. The van der Waals surface area contributed by atoms with Gasteiger partial charge in [0.2, 0.25) is 5.91 Å². The second-order valence-corrected chi connectivity index (χ2v) is 4.05. The summed E-state index contributed by atoms with van der Waals surface area (Å²) in [4.78, 5) is 32.9. The first-order valence-corrected chi connectivity index (χ1v) is 5.55. The molecule has 96 valence electrons. The fourth-order valence-corrected chi connectivity index (χ4v) is 1.15. The van der Waals surface area contributed by atoms with E-state index in [0.717, 1.165) is 12.8 Å². The maximum absolute atomic E-state index is 11.5. The minimum absolute atomic E-state index is 0.0398. The van der Waals surface area contributed by atoms with Gasteiger partial charge in [0.1, 0.15) is 6.04 Å². The van der Waals surface area contributed by atoms with Crippen molar-refractivity contribution in [2.45, 2.75) is 38.3 Å². The first kappa shape index (κ1) is 13.3. The van der Waals surface area contributed by atoms with Crippen molar-refractivity contribution in [1.82, 2.24) is 16.0 Å². The third-order valence-corrected chi connectivity index (χ3v) is 2.29. The predicted molar refractivity (Wildman–Crippen MR) is 59.4 cm³/mol. The Bertz CT molecular complexity index is 315. The number of urea groups is 1. The molecule has 0 spiro atoms. The molecule has 1 atom stereocenters. The second-order valence-electron chi connectivity index (χ2n) is 4.05. The first-order valence-electron chi connectivity index (χ1n) is 5.55. The SMILES string of the molecule is CC(NC(=O)NCCC(=O)O)C(=O)NC1CC1. The molecule has 0 saturated heterocycles. The monoisotopic (exact) mass is 243 g/mol. The third kappa shape index (κ3) is 5.74. The highest BCUT2D eigenvalue weighted by molar-refractivity contribution is 5.87. The van der Waals surface area contributed by atoms with Crippen LogP contribution < -0.4 is 16.0 Å². The van der Waals surface area contributed by atoms with E-state index >= 15 is 0 Å². The molecule has 0 heterocycles. The molecule has 0 aliphatic heterocycles. The van der Waals surface area contributed by atoms with Crippen LogP contribution in [0.4, 0.5) is 4.79 Å². The van der Waals surface area contributed by atoms with E-state index in [9.17, 15) is 14.4 Å². The van der Waals surface area contributed by atoms with Gasteiger partial charge in [0.15, 0.2) is 0 Å². The Labute approximate surface area is 98.9 Å². The highest BCUT2D eigenvalue weighted by atomic mass is 16.4. The summed E-state index contributed by atoms with van der Waals surface area (Å²) < 4.78 is 0. The number of carboxylic acid groups (broad SMARTS) is 1. The van der Waals surface area contributed by atoms with Gasteiger partial charge in [0.25, 0.3) is 0 Å². The lowest BCUT2D eigenvalue weighted by atomic mass is 10.3. The third-order valence-electron chi connectivity index (χ3n) is 2.29. The lowest BCUT2D eigenvalue weighted by Gasteiger charge is -2.14. The summed E-state index contributed by atoms with van der Waals surface area (Å²) in [6, 6.07) is -0.910. The normalized spacial score (nSPS) is 15.8. The summed E-state index contributed by atoms with van der Waals surface area (Å²) in [6.45, 7) is 1.62. The van der Waals surface area contributed by atoms with Crippen LogP contribution in [-0.2, 0) is 9.59 Å². The molecule has 3 amide bonds. The average Bonchev–Trinajstić information content (AvgIpc) is 3.00. The Hall–Kier alpha value is -1.79. The van der Waals surface area contributed by atoms with E-state index in [2.05, 4.69) is 16.0 Å². The number of aliphatic carboxylic acids is 1. The fraction of sp³-hybridized carbons (Fsp3) is 0.700. The zero-order valence-electron chi connectivity index (χ0n) is 9.66. The number of hydrogen-bond acceptors (Lipinski definition) is 3. The van der Waals surface area contributed by atoms with E-state index < -0.39 is 18.0 Å². The van der Waals surface area contributed by atoms with Gasteiger partial charge in [-0.2, -0.15) is 0 Å². The lowest BCUT2D eigenvalue weighted by molar-refractivity contribution is -0.136. The number of rotatable bonds is 6. The van der Waals surface area contributed by atoms with Gasteiger partial charge < -0.3 is 21.1 Å². The van der Waals surface area contributed by atoms with Crippen molar-refractivity contribution in [2.24, 2.45) is 0 Å². The molecule has 7 nitrogen and oxygen atoms in total. The van der Waals surface area contributed by atoms with Crippen molar-refractivity contribution in [3.05, 3.63) is 0 Å². The van der Waals surface area contributed by atoms with E-state index in [1.54, 1.807) is 6.92 Å². The molecule has 0 radical (unpaired) electrons. The molecule has 1 aliphatic rings. The van der Waals surface area contributed by atoms with Crippen LogP contribution in [0.1, 0.15) is 26.2 Å². The van der Waals surface area contributed by atoms with Crippen LogP contribution in [0.2, 0.25) is 0 Å². The van der Waals surface area contributed by atoms with Gasteiger partial charge in [-0.05, 0) is 19.8 Å². The van der Waals surface area contributed by atoms with Gasteiger partial charge in [-0.25, -0.2) is 4.79 Å². The Kier molecular flexibility index (Phi) is 4.74. The predicted octanol–water partition coefficient (Wildman–Crippen LogP) is -0.573. The van der Waals surface area contributed by atoms with Crippen LogP contribution in [0, 0.1) is 0 Å². The van der Waals surface area contributed by atoms with Crippen molar-refractivity contribution in [2.75, 3.05) is 6.54 Å². The van der Waals surface area contributed by atoms with Gasteiger partial charge in [0, 0.05) is 12.6 Å². The number of hydrogen-bond donors (Lipinski definition) is 4. The van der Waals surface area contributed by atoms with Crippen LogP contribution in [0.15, 0.2) is 0 Å².